The first-order chi connectivity index (χ1) is 5.15. The third-order valence-corrected chi connectivity index (χ3v) is 1.77. The van der Waals surface area contributed by atoms with Crippen LogP contribution >= 0.6 is 23.2 Å². The molecule has 0 saturated heterocycles. The lowest BCUT2D eigenvalue weighted by molar-refractivity contribution is 0.475. The average molecular weight is 188 g/mol. The van der Waals surface area contributed by atoms with Crippen LogP contribution in [0.3, 0.4) is 0 Å². The summed E-state index contributed by atoms with van der Waals surface area (Å²) in [4.78, 5) is 0. The fourth-order valence-corrected chi connectivity index (χ4v) is 1.05. The number of phenolic OH excluding ortho intramolecular Hbond substituents is 1. The van der Waals surface area contributed by atoms with Crippen molar-refractivity contribution in [3.05, 3.63) is 27.7 Å². The molecule has 0 bridgehead atoms. The number of phenols is 1. The van der Waals surface area contributed by atoms with E-state index in [4.69, 9.17) is 33.6 Å². The van der Waals surface area contributed by atoms with E-state index >= 15 is 0 Å². The van der Waals surface area contributed by atoms with E-state index < -0.39 is 0 Å². The number of hydrogen-bond donors (Lipinski definition) is 1. The summed E-state index contributed by atoms with van der Waals surface area (Å²) in [6, 6.07) is 4.37. The first-order valence-corrected chi connectivity index (χ1v) is 3.49. The van der Waals surface area contributed by atoms with Gasteiger partial charge in [-0.3, -0.25) is 0 Å². The van der Waals surface area contributed by atoms with Gasteiger partial charge in [0.1, 0.15) is 11.8 Å². The third kappa shape index (κ3) is 1.56. The Kier molecular flexibility index (Phi) is 2.23. The summed E-state index contributed by atoms with van der Waals surface area (Å²) >= 11 is 11.1. The highest BCUT2D eigenvalue weighted by Crippen LogP contribution is 2.29. The van der Waals surface area contributed by atoms with Crippen LogP contribution < -0.4 is 0 Å². The fraction of sp³-hybridized carbons (Fsp3) is 0. The van der Waals surface area contributed by atoms with Crippen LogP contribution in [0.1, 0.15) is 5.56 Å². The fourth-order valence-electron chi connectivity index (χ4n) is 0.623. The second-order valence-corrected chi connectivity index (χ2v) is 2.71. The highest BCUT2D eigenvalue weighted by molar-refractivity contribution is 6.36. The van der Waals surface area contributed by atoms with E-state index in [-0.39, 0.29) is 21.4 Å². The van der Waals surface area contributed by atoms with Crippen molar-refractivity contribution in [1.29, 1.82) is 5.26 Å². The second kappa shape index (κ2) is 3.00. The first kappa shape index (κ1) is 8.19. The zero-order valence-corrected chi connectivity index (χ0v) is 6.82. The summed E-state index contributed by atoms with van der Waals surface area (Å²) in [5.74, 6) is -0.132. The molecule has 1 aromatic rings. The number of nitriles is 1. The molecule has 56 valence electrons. The van der Waals surface area contributed by atoms with Gasteiger partial charge < -0.3 is 5.11 Å². The molecular formula is C7H3Cl2NO. The van der Waals surface area contributed by atoms with Crippen LogP contribution in [0, 0.1) is 11.3 Å². The van der Waals surface area contributed by atoms with E-state index in [1.807, 2.05) is 6.07 Å². The van der Waals surface area contributed by atoms with Crippen LogP contribution in [0.15, 0.2) is 12.1 Å². The van der Waals surface area contributed by atoms with Gasteiger partial charge in [-0.15, -0.1) is 0 Å². The normalized spacial score (nSPS) is 9.18. The molecule has 0 aliphatic heterocycles. The van der Waals surface area contributed by atoms with Gasteiger partial charge in [-0.25, -0.2) is 0 Å². The lowest BCUT2D eigenvalue weighted by Crippen LogP contribution is -1.77. The molecule has 0 amide bonds. The van der Waals surface area contributed by atoms with Crippen LogP contribution in [0.25, 0.3) is 0 Å². The van der Waals surface area contributed by atoms with E-state index in [0.29, 0.717) is 0 Å². The van der Waals surface area contributed by atoms with E-state index in [0.717, 1.165) is 0 Å². The first-order valence-electron chi connectivity index (χ1n) is 2.73. The van der Waals surface area contributed by atoms with Gasteiger partial charge in [0, 0.05) is 6.07 Å². The summed E-state index contributed by atoms with van der Waals surface area (Å²) in [6.07, 6.45) is 0. The average Bonchev–Trinajstić information content (AvgIpc) is 1.97. The third-order valence-electron chi connectivity index (χ3n) is 1.16. The maximum absolute atomic E-state index is 9.01. The molecule has 1 N–H and O–H groups in total. The Morgan fingerprint density at radius 3 is 2.45 bits per heavy atom. The van der Waals surface area contributed by atoms with E-state index in [2.05, 4.69) is 0 Å². The molecule has 0 spiro atoms. The van der Waals surface area contributed by atoms with Gasteiger partial charge in [-0.1, -0.05) is 23.2 Å². The SMILES string of the molecule is N#Cc1cc(O)c(Cl)cc1Cl. The number of aromatic hydroxyl groups is 1. The minimum Gasteiger partial charge on any atom is -0.506 e. The molecule has 0 saturated carbocycles. The van der Waals surface area contributed by atoms with Gasteiger partial charge in [0.25, 0.3) is 0 Å². The smallest absolute Gasteiger partial charge is 0.135 e. The molecule has 1 rings (SSSR count). The van der Waals surface area contributed by atoms with Crippen LogP contribution in [0.4, 0.5) is 0 Å². The molecule has 0 fully saturated rings. The standard InChI is InChI=1S/C7H3Cl2NO/c8-5-2-6(9)7(11)1-4(5)3-10/h1-2,11H. The van der Waals surface area contributed by atoms with Crippen molar-refractivity contribution >= 4 is 23.2 Å². The predicted molar refractivity (Wildman–Crippen MR) is 42.8 cm³/mol. The number of benzene rings is 1. The van der Waals surface area contributed by atoms with Gasteiger partial charge in [0.15, 0.2) is 0 Å². The summed E-state index contributed by atoms with van der Waals surface area (Å²) in [5.41, 5.74) is 0.216. The van der Waals surface area contributed by atoms with Gasteiger partial charge in [0.2, 0.25) is 0 Å². The molecule has 2 nitrogen and oxygen atoms in total. The molecule has 0 atom stereocenters. The molecule has 0 radical (unpaired) electrons. The van der Waals surface area contributed by atoms with Crippen LogP contribution in [-0.4, -0.2) is 5.11 Å². The van der Waals surface area contributed by atoms with Crippen molar-refractivity contribution in [3.63, 3.8) is 0 Å². The maximum atomic E-state index is 9.01. The van der Waals surface area contributed by atoms with Crippen molar-refractivity contribution in [1.82, 2.24) is 0 Å². The lowest BCUT2D eigenvalue weighted by Gasteiger charge is -1.97. The van der Waals surface area contributed by atoms with Gasteiger partial charge >= 0.3 is 0 Å². The van der Waals surface area contributed by atoms with Crippen LogP contribution in [-0.2, 0) is 0 Å². The van der Waals surface area contributed by atoms with Gasteiger partial charge in [-0.05, 0) is 6.07 Å². The molecule has 1 aromatic carbocycles. The van der Waals surface area contributed by atoms with Crippen molar-refractivity contribution in [2.24, 2.45) is 0 Å². The Morgan fingerprint density at radius 2 is 1.91 bits per heavy atom. The maximum Gasteiger partial charge on any atom is 0.135 e. The highest BCUT2D eigenvalue weighted by atomic mass is 35.5. The zero-order chi connectivity index (χ0) is 8.43. The summed E-state index contributed by atoms with van der Waals surface area (Å²) in [6.45, 7) is 0. The molecule has 0 heterocycles. The predicted octanol–water partition coefficient (Wildman–Crippen LogP) is 2.57. The molecule has 0 unspecified atom stereocenters. The highest BCUT2D eigenvalue weighted by Gasteiger charge is 2.04. The summed E-state index contributed by atoms with van der Waals surface area (Å²) in [5, 5.41) is 17.9. The van der Waals surface area contributed by atoms with E-state index in [1.165, 1.54) is 12.1 Å². The quantitative estimate of drug-likeness (QED) is 0.679. The Hall–Kier alpha value is -0.910. The van der Waals surface area contributed by atoms with E-state index in [1.54, 1.807) is 0 Å². The minimum atomic E-state index is -0.132. The number of rotatable bonds is 0. The Bertz CT molecular complexity index is 330. The summed E-state index contributed by atoms with van der Waals surface area (Å²) < 4.78 is 0. The molecular weight excluding hydrogens is 185 g/mol. The Morgan fingerprint density at radius 1 is 1.27 bits per heavy atom. The number of nitrogens with zero attached hydrogens (tertiary/aromatic N) is 1. The molecule has 0 aromatic heterocycles. The Labute approximate surface area is 73.6 Å². The molecule has 4 heteroatoms. The molecule has 0 aliphatic rings. The van der Waals surface area contributed by atoms with Crippen molar-refractivity contribution in [2.45, 2.75) is 0 Å². The Balaban J connectivity index is 3.35. The van der Waals surface area contributed by atoms with Crippen LogP contribution in [0.5, 0.6) is 5.75 Å². The van der Waals surface area contributed by atoms with E-state index in [9.17, 15) is 0 Å². The number of hydrogen-bond acceptors (Lipinski definition) is 2. The van der Waals surface area contributed by atoms with Gasteiger partial charge in [0.05, 0.1) is 15.6 Å². The number of halogens is 2. The zero-order valence-electron chi connectivity index (χ0n) is 5.31. The molecule has 0 aliphatic carbocycles. The van der Waals surface area contributed by atoms with Crippen LogP contribution in [0.2, 0.25) is 10.0 Å². The minimum absolute atomic E-state index is 0.132. The van der Waals surface area contributed by atoms with Crippen molar-refractivity contribution in [2.75, 3.05) is 0 Å². The molecule has 11 heavy (non-hydrogen) atoms. The summed E-state index contributed by atoms with van der Waals surface area (Å²) in [7, 11) is 0. The lowest BCUT2D eigenvalue weighted by atomic mass is 10.2. The largest absolute Gasteiger partial charge is 0.506 e. The second-order valence-electron chi connectivity index (χ2n) is 1.90. The van der Waals surface area contributed by atoms with Crippen molar-refractivity contribution < 1.29 is 5.11 Å². The van der Waals surface area contributed by atoms with Crippen molar-refractivity contribution in [3.8, 4) is 11.8 Å². The van der Waals surface area contributed by atoms with Gasteiger partial charge in [-0.2, -0.15) is 5.26 Å². The monoisotopic (exact) mass is 187 g/mol. The topological polar surface area (TPSA) is 44.0 Å².